The highest BCUT2D eigenvalue weighted by molar-refractivity contribution is 6.19. The molecule has 0 spiro atoms. The molecule has 0 N–H and O–H groups in total. The van der Waals surface area contributed by atoms with Crippen LogP contribution in [-0.4, -0.2) is 9.13 Å². The van der Waals surface area contributed by atoms with E-state index >= 15 is 0 Å². The second-order valence-electron chi connectivity index (χ2n) is 13.4. The number of aromatic nitrogens is 2. The fraction of sp³-hybridized carbons (Fsp3) is 0. The first-order valence-corrected chi connectivity index (χ1v) is 17.4. The average molecular weight is 651 g/mol. The van der Waals surface area contributed by atoms with Gasteiger partial charge in [-0.1, -0.05) is 115 Å². The molecular formula is C48H30N2O. The van der Waals surface area contributed by atoms with Gasteiger partial charge in [0.25, 0.3) is 0 Å². The monoisotopic (exact) mass is 650 g/mol. The smallest absolute Gasteiger partial charge is 0.135 e. The van der Waals surface area contributed by atoms with Gasteiger partial charge in [-0.25, -0.2) is 0 Å². The summed E-state index contributed by atoms with van der Waals surface area (Å²) in [5, 5.41) is 7.31. The third-order valence-corrected chi connectivity index (χ3v) is 10.5. The van der Waals surface area contributed by atoms with Crippen molar-refractivity contribution < 1.29 is 4.42 Å². The number of para-hydroxylation sites is 4. The molecule has 0 atom stereocenters. The van der Waals surface area contributed by atoms with Gasteiger partial charge in [-0.3, -0.25) is 0 Å². The minimum absolute atomic E-state index is 0.920. The number of fused-ring (bicyclic) bond motifs is 9. The summed E-state index contributed by atoms with van der Waals surface area (Å²) in [6, 6.07) is 65.6. The summed E-state index contributed by atoms with van der Waals surface area (Å²) in [6.07, 6.45) is 0. The van der Waals surface area contributed by atoms with Crippen LogP contribution in [0.2, 0.25) is 0 Å². The predicted octanol–water partition coefficient (Wildman–Crippen LogP) is 13.1. The molecule has 0 saturated carbocycles. The van der Waals surface area contributed by atoms with Gasteiger partial charge >= 0.3 is 0 Å². The van der Waals surface area contributed by atoms with E-state index in [9.17, 15) is 0 Å². The molecule has 0 aliphatic carbocycles. The summed E-state index contributed by atoms with van der Waals surface area (Å²) < 4.78 is 10.9. The quantitative estimate of drug-likeness (QED) is 0.186. The van der Waals surface area contributed by atoms with E-state index in [2.05, 4.69) is 179 Å². The third kappa shape index (κ3) is 4.25. The first-order chi connectivity index (χ1) is 25.3. The maximum absolute atomic E-state index is 6.05. The molecule has 0 radical (unpaired) electrons. The first-order valence-electron chi connectivity index (χ1n) is 17.4. The Labute approximate surface area is 293 Å². The molecule has 11 rings (SSSR count). The van der Waals surface area contributed by atoms with Crippen molar-refractivity contribution >= 4 is 65.6 Å². The van der Waals surface area contributed by atoms with Gasteiger partial charge in [-0.05, 0) is 89.0 Å². The van der Waals surface area contributed by atoms with Gasteiger partial charge < -0.3 is 13.6 Å². The lowest BCUT2D eigenvalue weighted by atomic mass is 9.99. The standard InChI is InChI=1S/C48H30N2O/c1-2-10-35(11-3-1)49-43-15-7-4-12-37(43)40-30-46-41(29-45(40)49)38-13-5-8-16-44(38)50(46)36-25-22-32(23-26-36)31-18-20-33(21-19-31)34-24-27-48-42(28-34)39-14-6-9-17-47(39)51-48/h1-30H. The number of benzene rings is 8. The second kappa shape index (κ2) is 10.8. The molecule has 0 fully saturated rings. The molecule has 3 heteroatoms. The second-order valence-corrected chi connectivity index (χ2v) is 13.4. The molecule has 0 unspecified atom stereocenters. The molecular weight excluding hydrogens is 621 g/mol. The average Bonchev–Trinajstić information content (AvgIpc) is 3.84. The molecule has 51 heavy (non-hydrogen) atoms. The van der Waals surface area contributed by atoms with Gasteiger partial charge in [0, 0.05) is 43.7 Å². The topological polar surface area (TPSA) is 23.0 Å². The van der Waals surface area contributed by atoms with Crippen LogP contribution in [0.4, 0.5) is 0 Å². The highest BCUT2D eigenvalue weighted by Crippen LogP contribution is 2.40. The summed E-state index contributed by atoms with van der Waals surface area (Å²) in [5.74, 6) is 0. The van der Waals surface area contributed by atoms with Crippen molar-refractivity contribution in [3.8, 4) is 33.6 Å². The Hall–Kier alpha value is -6.84. The molecule has 11 aromatic rings. The Morgan fingerprint density at radius 2 is 0.725 bits per heavy atom. The molecule has 238 valence electrons. The Balaban J connectivity index is 1.01. The van der Waals surface area contributed by atoms with Gasteiger partial charge in [-0.15, -0.1) is 0 Å². The van der Waals surface area contributed by atoms with Crippen molar-refractivity contribution in [1.82, 2.24) is 9.13 Å². The molecule has 8 aromatic carbocycles. The number of furan rings is 1. The lowest BCUT2D eigenvalue weighted by molar-refractivity contribution is 0.669. The summed E-state index contributed by atoms with van der Waals surface area (Å²) >= 11 is 0. The van der Waals surface area contributed by atoms with Gasteiger partial charge in [0.15, 0.2) is 0 Å². The summed E-state index contributed by atoms with van der Waals surface area (Å²) in [6.45, 7) is 0. The van der Waals surface area contributed by atoms with E-state index in [1.165, 1.54) is 71.6 Å². The van der Waals surface area contributed by atoms with Crippen LogP contribution in [-0.2, 0) is 0 Å². The molecule has 0 saturated heterocycles. The van der Waals surface area contributed by atoms with Crippen LogP contribution in [0.1, 0.15) is 0 Å². The zero-order valence-corrected chi connectivity index (χ0v) is 27.6. The minimum atomic E-state index is 0.920. The highest BCUT2D eigenvalue weighted by atomic mass is 16.3. The fourth-order valence-electron chi connectivity index (χ4n) is 8.13. The molecule has 3 aromatic heterocycles. The van der Waals surface area contributed by atoms with Gasteiger partial charge in [-0.2, -0.15) is 0 Å². The van der Waals surface area contributed by atoms with E-state index in [0.29, 0.717) is 0 Å². The Bertz CT molecular complexity index is 3100. The maximum atomic E-state index is 6.05. The van der Waals surface area contributed by atoms with E-state index in [1.54, 1.807) is 0 Å². The van der Waals surface area contributed by atoms with Gasteiger partial charge in [0.2, 0.25) is 0 Å². The van der Waals surface area contributed by atoms with Crippen molar-refractivity contribution in [3.05, 3.63) is 182 Å². The van der Waals surface area contributed by atoms with Crippen molar-refractivity contribution in [1.29, 1.82) is 0 Å². The van der Waals surface area contributed by atoms with Crippen LogP contribution in [0, 0.1) is 0 Å². The SMILES string of the molecule is c1ccc(-n2c3ccccc3c3cc4c(cc32)c2ccccc2n4-c2ccc(-c3ccc(-c4ccc5oc6ccccc6c5c4)cc3)cc2)cc1. The Kier molecular flexibility index (Phi) is 5.96. The number of hydrogen-bond acceptors (Lipinski definition) is 1. The number of rotatable bonds is 4. The molecule has 0 amide bonds. The molecule has 0 bridgehead atoms. The summed E-state index contributed by atoms with van der Waals surface area (Å²) in [5.41, 5.74) is 13.8. The van der Waals surface area contributed by atoms with Crippen molar-refractivity contribution in [2.75, 3.05) is 0 Å². The minimum Gasteiger partial charge on any atom is -0.456 e. The molecule has 0 aliphatic rings. The van der Waals surface area contributed by atoms with Crippen molar-refractivity contribution in [2.24, 2.45) is 0 Å². The largest absolute Gasteiger partial charge is 0.456 e. The van der Waals surface area contributed by atoms with E-state index in [4.69, 9.17) is 4.42 Å². The van der Waals surface area contributed by atoms with Crippen LogP contribution < -0.4 is 0 Å². The molecule has 3 heterocycles. The molecule has 0 aliphatic heterocycles. The Morgan fingerprint density at radius 3 is 1.35 bits per heavy atom. The molecule has 3 nitrogen and oxygen atoms in total. The number of hydrogen-bond donors (Lipinski definition) is 0. The fourth-order valence-corrected chi connectivity index (χ4v) is 8.13. The van der Waals surface area contributed by atoms with Crippen LogP contribution in [0.15, 0.2) is 186 Å². The van der Waals surface area contributed by atoms with Crippen LogP contribution in [0.5, 0.6) is 0 Å². The zero-order valence-electron chi connectivity index (χ0n) is 27.6. The Morgan fingerprint density at radius 1 is 0.275 bits per heavy atom. The maximum Gasteiger partial charge on any atom is 0.135 e. The third-order valence-electron chi connectivity index (χ3n) is 10.5. The van der Waals surface area contributed by atoms with Crippen LogP contribution >= 0.6 is 0 Å². The first kappa shape index (κ1) is 28.0. The van der Waals surface area contributed by atoms with Crippen molar-refractivity contribution in [3.63, 3.8) is 0 Å². The van der Waals surface area contributed by atoms with Crippen molar-refractivity contribution in [2.45, 2.75) is 0 Å². The summed E-state index contributed by atoms with van der Waals surface area (Å²) in [4.78, 5) is 0. The lowest BCUT2D eigenvalue weighted by Crippen LogP contribution is -1.94. The normalized spacial score (nSPS) is 11.9. The highest BCUT2D eigenvalue weighted by Gasteiger charge is 2.18. The predicted molar refractivity (Wildman–Crippen MR) is 213 cm³/mol. The summed E-state index contributed by atoms with van der Waals surface area (Å²) in [7, 11) is 0. The van der Waals surface area contributed by atoms with E-state index in [0.717, 1.165) is 27.6 Å². The van der Waals surface area contributed by atoms with E-state index < -0.39 is 0 Å². The number of nitrogens with zero attached hydrogens (tertiary/aromatic N) is 2. The lowest BCUT2D eigenvalue weighted by Gasteiger charge is -2.11. The van der Waals surface area contributed by atoms with Crippen LogP contribution in [0.25, 0.3) is 99.2 Å². The van der Waals surface area contributed by atoms with Gasteiger partial charge in [0.05, 0.1) is 22.1 Å². The van der Waals surface area contributed by atoms with E-state index in [1.807, 2.05) is 12.1 Å². The van der Waals surface area contributed by atoms with E-state index in [-0.39, 0.29) is 0 Å². The zero-order chi connectivity index (χ0) is 33.5. The van der Waals surface area contributed by atoms with Crippen LogP contribution in [0.3, 0.4) is 0 Å². The van der Waals surface area contributed by atoms with Gasteiger partial charge in [0.1, 0.15) is 11.2 Å².